The van der Waals surface area contributed by atoms with Crippen LogP contribution in [0.4, 0.5) is 0 Å². The zero-order valence-corrected chi connectivity index (χ0v) is 17.8. The summed E-state index contributed by atoms with van der Waals surface area (Å²) in [5, 5.41) is 0. The first-order chi connectivity index (χ1) is 13.5. The fourth-order valence-corrected chi connectivity index (χ4v) is 2.91. The van der Waals surface area contributed by atoms with Gasteiger partial charge in [0.05, 0.1) is 12.5 Å². The van der Waals surface area contributed by atoms with Crippen LogP contribution < -0.4 is 0 Å². The first kappa shape index (κ1) is 22.1. The second-order valence-corrected chi connectivity index (χ2v) is 7.71. The smallest absolute Gasteiger partial charge is 0.313 e. The quantitative estimate of drug-likeness (QED) is 0.355. The summed E-state index contributed by atoms with van der Waals surface area (Å²) in [7, 11) is 0. The number of carbonyl (C=O) groups excluding carboxylic acids is 1. The van der Waals surface area contributed by atoms with Gasteiger partial charge in [0.1, 0.15) is 0 Å². The SMILES string of the molecule is CCCCCCc1cnc(-c2ccc([C@@H](C)C(=O)OCC(C)CC)cc2)nc1. The molecule has 0 saturated carbocycles. The van der Waals surface area contributed by atoms with Gasteiger partial charge in [-0.15, -0.1) is 0 Å². The van der Waals surface area contributed by atoms with Crippen LogP contribution in [0.3, 0.4) is 0 Å². The van der Waals surface area contributed by atoms with E-state index in [4.69, 9.17) is 4.74 Å². The van der Waals surface area contributed by atoms with Crippen LogP contribution >= 0.6 is 0 Å². The molecule has 0 saturated heterocycles. The number of carbonyl (C=O) groups is 1. The van der Waals surface area contributed by atoms with Gasteiger partial charge in [-0.25, -0.2) is 9.97 Å². The molecule has 0 aliphatic rings. The number of aromatic nitrogens is 2. The van der Waals surface area contributed by atoms with Crippen molar-refractivity contribution in [2.45, 2.75) is 72.1 Å². The molecule has 152 valence electrons. The number of unbranched alkanes of at least 4 members (excludes halogenated alkanes) is 3. The maximum absolute atomic E-state index is 12.2. The second-order valence-electron chi connectivity index (χ2n) is 7.71. The summed E-state index contributed by atoms with van der Waals surface area (Å²) in [5.41, 5.74) is 3.10. The van der Waals surface area contributed by atoms with E-state index in [9.17, 15) is 4.79 Å². The highest BCUT2D eigenvalue weighted by molar-refractivity contribution is 5.78. The standard InChI is InChI=1S/C24H34N2O2/c1-5-7-8-9-10-20-15-25-23(26-16-20)22-13-11-21(12-14-22)19(4)24(27)28-17-18(3)6-2/h11-16,18-19H,5-10,17H2,1-4H3/t18?,19-/m1/s1. The lowest BCUT2D eigenvalue weighted by Crippen LogP contribution is -2.16. The van der Waals surface area contributed by atoms with Crippen molar-refractivity contribution in [3.8, 4) is 11.4 Å². The van der Waals surface area contributed by atoms with Crippen LogP contribution in [0.5, 0.6) is 0 Å². The number of ether oxygens (including phenoxy) is 1. The van der Waals surface area contributed by atoms with Crippen LogP contribution in [-0.4, -0.2) is 22.5 Å². The minimum Gasteiger partial charge on any atom is -0.465 e. The molecule has 1 aromatic heterocycles. The third-order valence-corrected chi connectivity index (χ3v) is 5.25. The summed E-state index contributed by atoms with van der Waals surface area (Å²) in [5.74, 6) is 0.669. The maximum Gasteiger partial charge on any atom is 0.313 e. The van der Waals surface area contributed by atoms with Crippen molar-refractivity contribution in [1.82, 2.24) is 9.97 Å². The summed E-state index contributed by atoms with van der Waals surface area (Å²) >= 11 is 0. The Kier molecular flexibility index (Phi) is 9.12. The average Bonchev–Trinajstić information content (AvgIpc) is 2.74. The van der Waals surface area contributed by atoms with E-state index in [-0.39, 0.29) is 11.9 Å². The Morgan fingerprint density at radius 3 is 2.29 bits per heavy atom. The minimum absolute atomic E-state index is 0.170. The Labute approximate surface area is 169 Å². The number of aryl methyl sites for hydroxylation is 1. The Morgan fingerprint density at radius 1 is 1.00 bits per heavy atom. The third-order valence-electron chi connectivity index (χ3n) is 5.25. The molecule has 1 unspecified atom stereocenters. The molecule has 0 aliphatic carbocycles. The van der Waals surface area contributed by atoms with Gasteiger partial charge in [-0.3, -0.25) is 4.79 Å². The fourth-order valence-electron chi connectivity index (χ4n) is 2.91. The molecule has 0 fully saturated rings. The van der Waals surface area contributed by atoms with Crippen molar-refractivity contribution in [2.24, 2.45) is 5.92 Å². The highest BCUT2D eigenvalue weighted by Crippen LogP contribution is 2.22. The summed E-state index contributed by atoms with van der Waals surface area (Å²) in [6.45, 7) is 8.78. The van der Waals surface area contributed by atoms with Gasteiger partial charge in [0.2, 0.25) is 0 Å². The van der Waals surface area contributed by atoms with E-state index in [1.54, 1.807) is 0 Å². The summed E-state index contributed by atoms with van der Waals surface area (Å²) < 4.78 is 5.42. The topological polar surface area (TPSA) is 52.1 Å². The lowest BCUT2D eigenvalue weighted by Gasteiger charge is -2.14. The van der Waals surface area contributed by atoms with Crippen molar-refractivity contribution in [2.75, 3.05) is 6.61 Å². The largest absolute Gasteiger partial charge is 0.465 e. The van der Waals surface area contributed by atoms with Gasteiger partial charge in [0, 0.05) is 18.0 Å². The van der Waals surface area contributed by atoms with Gasteiger partial charge in [-0.2, -0.15) is 0 Å². The molecule has 2 rings (SSSR count). The zero-order chi connectivity index (χ0) is 20.4. The fraction of sp³-hybridized carbons (Fsp3) is 0.542. The second kappa shape index (κ2) is 11.6. The normalized spacial score (nSPS) is 13.1. The van der Waals surface area contributed by atoms with Crippen LogP contribution in [0.15, 0.2) is 36.7 Å². The lowest BCUT2D eigenvalue weighted by atomic mass is 9.99. The van der Waals surface area contributed by atoms with Crippen LogP contribution in [0.2, 0.25) is 0 Å². The molecule has 0 radical (unpaired) electrons. The zero-order valence-electron chi connectivity index (χ0n) is 17.8. The van der Waals surface area contributed by atoms with E-state index in [0.717, 1.165) is 29.8 Å². The Hall–Kier alpha value is -2.23. The molecule has 28 heavy (non-hydrogen) atoms. The minimum atomic E-state index is -0.274. The number of rotatable bonds is 11. The van der Waals surface area contributed by atoms with Crippen molar-refractivity contribution in [3.05, 3.63) is 47.8 Å². The molecule has 4 nitrogen and oxygen atoms in total. The number of esters is 1. The number of hydrogen-bond donors (Lipinski definition) is 0. The van der Waals surface area contributed by atoms with Crippen LogP contribution in [0.1, 0.15) is 76.8 Å². The number of nitrogens with zero attached hydrogens (tertiary/aromatic N) is 2. The van der Waals surface area contributed by atoms with E-state index in [2.05, 4.69) is 30.7 Å². The molecular weight excluding hydrogens is 348 g/mol. The van der Waals surface area contributed by atoms with Crippen LogP contribution in [0, 0.1) is 5.92 Å². The molecule has 2 aromatic rings. The summed E-state index contributed by atoms with van der Waals surface area (Å²) in [6, 6.07) is 7.88. The van der Waals surface area contributed by atoms with Gasteiger partial charge >= 0.3 is 5.97 Å². The highest BCUT2D eigenvalue weighted by atomic mass is 16.5. The van der Waals surface area contributed by atoms with E-state index >= 15 is 0 Å². The predicted octanol–water partition coefficient (Wildman–Crippen LogP) is 5.96. The average molecular weight is 383 g/mol. The molecule has 0 aliphatic heterocycles. The van der Waals surface area contributed by atoms with E-state index < -0.39 is 0 Å². The molecule has 0 bridgehead atoms. The highest BCUT2D eigenvalue weighted by Gasteiger charge is 2.17. The summed E-state index contributed by atoms with van der Waals surface area (Å²) in [6.07, 6.45) is 10.9. The Morgan fingerprint density at radius 2 is 1.68 bits per heavy atom. The summed E-state index contributed by atoms with van der Waals surface area (Å²) in [4.78, 5) is 21.3. The van der Waals surface area contributed by atoms with E-state index in [0.29, 0.717) is 12.5 Å². The molecule has 0 N–H and O–H groups in total. The van der Waals surface area contributed by atoms with Gasteiger partial charge in [-0.1, -0.05) is 70.7 Å². The van der Waals surface area contributed by atoms with Crippen LogP contribution in [-0.2, 0) is 16.0 Å². The first-order valence-corrected chi connectivity index (χ1v) is 10.6. The molecule has 2 atom stereocenters. The van der Waals surface area contributed by atoms with E-state index in [1.165, 1.54) is 31.2 Å². The van der Waals surface area contributed by atoms with Crippen molar-refractivity contribution < 1.29 is 9.53 Å². The predicted molar refractivity (Wildman–Crippen MR) is 114 cm³/mol. The van der Waals surface area contributed by atoms with Gasteiger partial charge in [0.15, 0.2) is 5.82 Å². The molecule has 1 heterocycles. The molecule has 0 amide bonds. The van der Waals surface area contributed by atoms with Gasteiger partial charge < -0.3 is 4.74 Å². The maximum atomic E-state index is 12.2. The van der Waals surface area contributed by atoms with Crippen molar-refractivity contribution >= 4 is 5.97 Å². The molecular formula is C24H34N2O2. The van der Waals surface area contributed by atoms with Gasteiger partial charge in [-0.05, 0) is 36.8 Å². The number of hydrogen-bond acceptors (Lipinski definition) is 4. The van der Waals surface area contributed by atoms with E-state index in [1.807, 2.05) is 43.6 Å². The van der Waals surface area contributed by atoms with Crippen molar-refractivity contribution in [3.63, 3.8) is 0 Å². The number of benzene rings is 1. The Bertz CT molecular complexity index is 710. The van der Waals surface area contributed by atoms with Crippen molar-refractivity contribution in [1.29, 1.82) is 0 Å². The van der Waals surface area contributed by atoms with Crippen LogP contribution in [0.25, 0.3) is 11.4 Å². The van der Waals surface area contributed by atoms with Gasteiger partial charge in [0.25, 0.3) is 0 Å². The molecule has 0 spiro atoms. The molecule has 4 heteroatoms. The third kappa shape index (κ3) is 6.74. The monoisotopic (exact) mass is 382 g/mol. The lowest BCUT2D eigenvalue weighted by molar-refractivity contribution is -0.146. The Balaban J connectivity index is 1.93. The first-order valence-electron chi connectivity index (χ1n) is 10.6. The molecule has 1 aromatic carbocycles.